The fraction of sp³-hybridized carbons (Fsp3) is 0.545. The van der Waals surface area contributed by atoms with Gasteiger partial charge >= 0.3 is 5.97 Å². The van der Waals surface area contributed by atoms with Gasteiger partial charge in [0, 0.05) is 0 Å². The third kappa shape index (κ3) is 2.21. The molecule has 1 atom stereocenters. The number of carbonyl (C=O) groups excluding carboxylic acids is 1. The number of carbonyl (C=O) groups is 1. The van der Waals surface area contributed by atoms with E-state index < -0.39 is 0 Å². The highest BCUT2D eigenvalue weighted by molar-refractivity contribution is 5.75. The van der Waals surface area contributed by atoms with Crippen LogP contribution < -0.4 is 0 Å². The van der Waals surface area contributed by atoms with E-state index in [0.717, 1.165) is 25.1 Å². The Hall–Kier alpha value is -1.29. The molecule has 1 fully saturated rings. The minimum absolute atomic E-state index is 0.0971. The number of ether oxygens (including phenoxy) is 1. The van der Waals surface area contributed by atoms with Gasteiger partial charge in [-0.1, -0.05) is 0 Å². The Morgan fingerprint density at radius 1 is 1.73 bits per heavy atom. The lowest BCUT2D eigenvalue weighted by Crippen LogP contribution is -2.36. The van der Waals surface area contributed by atoms with Gasteiger partial charge in [0.2, 0.25) is 0 Å². The van der Waals surface area contributed by atoms with Crippen LogP contribution in [0, 0.1) is 0 Å². The van der Waals surface area contributed by atoms with Crippen LogP contribution in [0.25, 0.3) is 0 Å². The molecule has 1 aliphatic rings. The van der Waals surface area contributed by atoms with E-state index in [1.54, 1.807) is 6.26 Å². The van der Waals surface area contributed by atoms with Crippen LogP contribution in [0.1, 0.15) is 18.6 Å². The number of methoxy groups -OCH3 is 1. The Morgan fingerprint density at radius 3 is 3.27 bits per heavy atom. The monoisotopic (exact) mass is 209 g/mol. The van der Waals surface area contributed by atoms with Gasteiger partial charge in [-0.25, -0.2) is 0 Å². The van der Waals surface area contributed by atoms with Gasteiger partial charge in [-0.15, -0.1) is 0 Å². The molecule has 4 nitrogen and oxygen atoms in total. The van der Waals surface area contributed by atoms with Crippen LogP contribution in [-0.2, 0) is 16.1 Å². The standard InChI is InChI=1S/C11H15NO3/c1-14-11(13)10-5-2-6-12(10)8-9-4-3-7-15-9/h3-4,7,10H,2,5-6,8H2,1H3/t10-/m1/s1. The molecule has 1 aromatic heterocycles. The molecule has 1 aliphatic heterocycles. The van der Waals surface area contributed by atoms with E-state index in [1.165, 1.54) is 7.11 Å². The summed E-state index contributed by atoms with van der Waals surface area (Å²) in [5.41, 5.74) is 0. The van der Waals surface area contributed by atoms with Crippen LogP contribution in [0.5, 0.6) is 0 Å². The number of hydrogen-bond donors (Lipinski definition) is 0. The normalized spacial score (nSPS) is 21.8. The second kappa shape index (κ2) is 4.49. The summed E-state index contributed by atoms with van der Waals surface area (Å²) in [5.74, 6) is 0.754. The van der Waals surface area contributed by atoms with Crippen molar-refractivity contribution in [3.8, 4) is 0 Å². The molecule has 1 saturated heterocycles. The lowest BCUT2D eigenvalue weighted by Gasteiger charge is -2.20. The summed E-state index contributed by atoms with van der Waals surface area (Å²) in [6.07, 6.45) is 3.58. The van der Waals surface area contributed by atoms with Crippen molar-refractivity contribution in [1.29, 1.82) is 0 Å². The van der Waals surface area contributed by atoms with E-state index in [2.05, 4.69) is 4.90 Å². The summed E-state index contributed by atoms with van der Waals surface area (Å²) >= 11 is 0. The van der Waals surface area contributed by atoms with Crippen molar-refractivity contribution in [3.05, 3.63) is 24.2 Å². The van der Waals surface area contributed by atoms with E-state index >= 15 is 0 Å². The summed E-state index contributed by atoms with van der Waals surface area (Å²) in [4.78, 5) is 13.6. The van der Waals surface area contributed by atoms with E-state index in [1.807, 2.05) is 12.1 Å². The smallest absolute Gasteiger partial charge is 0.323 e. The molecule has 0 spiro atoms. The maximum Gasteiger partial charge on any atom is 0.323 e. The fourth-order valence-corrected chi connectivity index (χ4v) is 2.02. The molecule has 1 aromatic rings. The van der Waals surface area contributed by atoms with Gasteiger partial charge < -0.3 is 9.15 Å². The van der Waals surface area contributed by atoms with Crippen LogP contribution in [0.4, 0.5) is 0 Å². The summed E-state index contributed by atoms with van der Waals surface area (Å²) in [6.45, 7) is 1.62. The molecule has 2 rings (SSSR count). The number of esters is 1. The molecule has 4 heteroatoms. The molecule has 15 heavy (non-hydrogen) atoms. The molecule has 0 unspecified atom stereocenters. The molecule has 0 radical (unpaired) electrons. The number of rotatable bonds is 3. The first kappa shape index (κ1) is 10.2. The Bertz CT molecular complexity index is 321. The molecule has 0 bridgehead atoms. The topological polar surface area (TPSA) is 42.7 Å². The van der Waals surface area contributed by atoms with Gasteiger partial charge in [0.15, 0.2) is 0 Å². The van der Waals surface area contributed by atoms with Crippen molar-refractivity contribution >= 4 is 5.97 Å². The molecule has 0 amide bonds. The van der Waals surface area contributed by atoms with Gasteiger partial charge in [0.05, 0.1) is 19.9 Å². The average molecular weight is 209 g/mol. The van der Waals surface area contributed by atoms with Crippen molar-refractivity contribution in [2.45, 2.75) is 25.4 Å². The highest BCUT2D eigenvalue weighted by atomic mass is 16.5. The Balaban J connectivity index is 1.99. The second-order valence-corrected chi connectivity index (χ2v) is 3.73. The zero-order chi connectivity index (χ0) is 10.7. The minimum atomic E-state index is -0.140. The predicted molar refractivity (Wildman–Crippen MR) is 54.2 cm³/mol. The zero-order valence-electron chi connectivity index (χ0n) is 8.81. The zero-order valence-corrected chi connectivity index (χ0v) is 8.81. The first-order chi connectivity index (χ1) is 7.31. The Kier molecular flexibility index (Phi) is 3.06. The number of furan rings is 1. The van der Waals surface area contributed by atoms with E-state index in [-0.39, 0.29) is 12.0 Å². The molecular weight excluding hydrogens is 194 g/mol. The number of hydrogen-bond acceptors (Lipinski definition) is 4. The molecule has 0 N–H and O–H groups in total. The number of nitrogens with zero attached hydrogens (tertiary/aromatic N) is 1. The largest absolute Gasteiger partial charge is 0.468 e. The quantitative estimate of drug-likeness (QED) is 0.706. The van der Waals surface area contributed by atoms with Crippen LogP contribution in [0.15, 0.2) is 22.8 Å². The van der Waals surface area contributed by atoms with Crippen LogP contribution in [-0.4, -0.2) is 30.6 Å². The maximum atomic E-state index is 11.5. The average Bonchev–Trinajstić information content (AvgIpc) is 2.88. The third-order valence-electron chi connectivity index (χ3n) is 2.78. The second-order valence-electron chi connectivity index (χ2n) is 3.73. The predicted octanol–water partition coefficient (Wildman–Crippen LogP) is 1.42. The van der Waals surface area contributed by atoms with Crippen LogP contribution in [0.2, 0.25) is 0 Å². The van der Waals surface area contributed by atoms with Crippen LogP contribution in [0.3, 0.4) is 0 Å². The SMILES string of the molecule is COC(=O)[C@H]1CCCN1Cc1ccco1. The van der Waals surface area contributed by atoms with Gasteiger partial charge in [-0.2, -0.15) is 0 Å². The lowest BCUT2D eigenvalue weighted by atomic mass is 10.2. The van der Waals surface area contributed by atoms with Gasteiger partial charge in [0.25, 0.3) is 0 Å². The van der Waals surface area contributed by atoms with Crippen molar-refractivity contribution in [2.24, 2.45) is 0 Å². The van der Waals surface area contributed by atoms with Crippen molar-refractivity contribution in [3.63, 3.8) is 0 Å². The third-order valence-corrected chi connectivity index (χ3v) is 2.78. The van der Waals surface area contributed by atoms with Crippen molar-refractivity contribution in [2.75, 3.05) is 13.7 Å². The Morgan fingerprint density at radius 2 is 2.60 bits per heavy atom. The molecule has 0 aromatic carbocycles. The van der Waals surface area contributed by atoms with Gasteiger partial charge in [-0.05, 0) is 31.5 Å². The van der Waals surface area contributed by atoms with E-state index in [4.69, 9.17) is 9.15 Å². The maximum absolute atomic E-state index is 11.5. The Labute approximate surface area is 88.8 Å². The van der Waals surface area contributed by atoms with Crippen molar-refractivity contribution < 1.29 is 13.9 Å². The molecular formula is C11H15NO3. The van der Waals surface area contributed by atoms with E-state index in [0.29, 0.717) is 6.54 Å². The minimum Gasteiger partial charge on any atom is -0.468 e. The molecule has 2 heterocycles. The van der Waals surface area contributed by atoms with E-state index in [9.17, 15) is 4.79 Å². The highest BCUT2D eigenvalue weighted by Gasteiger charge is 2.31. The summed E-state index contributed by atoms with van der Waals surface area (Å²) in [5, 5.41) is 0. The fourth-order valence-electron chi connectivity index (χ4n) is 2.02. The summed E-state index contributed by atoms with van der Waals surface area (Å²) < 4.78 is 10.0. The molecule has 0 aliphatic carbocycles. The summed E-state index contributed by atoms with van der Waals surface area (Å²) in [7, 11) is 1.44. The lowest BCUT2D eigenvalue weighted by molar-refractivity contribution is -0.146. The highest BCUT2D eigenvalue weighted by Crippen LogP contribution is 2.20. The van der Waals surface area contributed by atoms with Gasteiger partial charge in [0.1, 0.15) is 11.8 Å². The number of likely N-dealkylation sites (tertiary alicyclic amines) is 1. The summed E-state index contributed by atoms with van der Waals surface area (Å²) in [6, 6.07) is 3.69. The molecule has 82 valence electrons. The molecule has 0 saturated carbocycles. The first-order valence-corrected chi connectivity index (χ1v) is 5.15. The first-order valence-electron chi connectivity index (χ1n) is 5.15. The van der Waals surface area contributed by atoms with Gasteiger partial charge in [-0.3, -0.25) is 9.69 Å². The van der Waals surface area contributed by atoms with Crippen LogP contribution >= 0.6 is 0 Å². The van der Waals surface area contributed by atoms with Crippen molar-refractivity contribution in [1.82, 2.24) is 4.90 Å².